The number of carbonyl (C=O) groups is 2. The molecule has 0 aliphatic heterocycles. The third-order valence-corrected chi connectivity index (χ3v) is 5.45. The standard InChI is InChI=1S/C20H19N3O5S/c1-21-19(24)14-7-9-16(10-8-14)23-20(25)15-4-2-6-18(12-15)29(26,27)22-13-17-5-3-11-28-17/h2-12,22H,13H2,1H3,(H,21,24)(H,23,25). The molecule has 0 atom stereocenters. The van der Waals surface area contributed by atoms with E-state index in [1.54, 1.807) is 36.4 Å². The molecular weight excluding hydrogens is 394 g/mol. The first-order valence-electron chi connectivity index (χ1n) is 8.64. The number of furan rings is 1. The van der Waals surface area contributed by atoms with E-state index < -0.39 is 15.9 Å². The third-order valence-electron chi connectivity index (χ3n) is 4.06. The summed E-state index contributed by atoms with van der Waals surface area (Å²) < 4.78 is 32.5. The van der Waals surface area contributed by atoms with Gasteiger partial charge in [-0.3, -0.25) is 9.59 Å². The molecule has 9 heteroatoms. The molecule has 3 aromatic rings. The molecule has 0 saturated heterocycles. The van der Waals surface area contributed by atoms with Gasteiger partial charge in [-0.25, -0.2) is 13.1 Å². The summed E-state index contributed by atoms with van der Waals surface area (Å²) in [5.74, 6) is -0.230. The summed E-state index contributed by atoms with van der Waals surface area (Å²) >= 11 is 0. The second-order valence-corrected chi connectivity index (χ2v) is 7.81. The van der Waals surface area contributed by atoms with Crippen LogP contribution in [0, 0.1) is 0 Å². The van der Waals surface area contributed by atoms with E-state index in [1.807, 2.05) is 0 Å². The van der Waals surface area contributed by atoms with E-state index in [0.717, 1.165) is 0 Å². The molecule has 1 heterocycles. The molecule has 2 aromatic carbocycles. The van der Waals surface area contributed by atoms with Gasteiger partial charge in [-0.15, -0.1) is 0 Å². The first-order valence-corrected chi connectivity index (χ1v) is 10.1. The first-order chi connectivity index (χ1) is 13.9. The van der Waals surface area contributed by atoms with Crippen LogP contribution in [0.4, 0.5) is 5.69 Å². The molecule has 0 radical (unpaired) electrons. The molecule has 3 N–H and O–H groups in total. The molecule has 0 fully saturated rings. The van der Waals surface area contributed by atoms with Crippen LogP contribution in [-0.4, -0.2) is 27.3 Å². The van der Waals surface area contributed by atoms with Gasteiger partial charge in [0.05, 0.1) is 17.7 Å². The van der Waals surface area contributed by atoms with Crippen molar-refractivity contribution in [3.8, 4) is 0 Å². The second-order valence-electron chi connectivity index (χ2n) is 6.04. The van der Waals surface area contributed by atoms with Crippen LogP contribution in [0.1, 0.15) is 26.5 Å². The van der Waals surface area contributed by atoms with E-state index in [1.165, 1.54) is 37.6 Å². The van der Waals surface area contributed by atoms with E-state index in [4.69, 9.17) is 4.42 Å². The van der Waals surface area contributed by atoms with Crippen LogP contribution in [0.3, 0.4) is 0 Å². The molecule has 29 heavy (non-hydrogen) atoms. The maximum Gasteiger partial charge on any atom is 0.255 e. The van der Waals surface area contributed by atoms with E-state index in [0.29, 0.717) is 17.0 Å². The summed E-state index contributed by atoms with van der Waals surface area (Å²) in [5.41, 5.74) is 1.12. The van der Waals surface area contributed by atoms with Gasteiger partial charge in [-0.2, -0.15) is 0 Å². The van der Waals surface area contributed by atoms with Gasteiger partial charge >= 0.3 is 0 Å². The quantitative estimate of drug-likeness (QED) is 0.550. The fraction of sp³-hybridized carbons (Fsp3) is 0.100. The van der Waals surface area contributed by atoms with Crippen molar-refractivity contribution in [2.45, 2.75) is 11.4 Å². The lowest BCUT2D eigenvalue weighted by molar-refractivity contribution is 0.0962. The Hall–Kier alpha value is -3.43. The Kier molecular flexibility index (Phi) is 6.10. The highest BCUT2D eigenvalue weighted by Gasteiger charge is 2.17. The van der Waals surface area contributed by atoms with Gasteiger partial charge in [0.2, 0.25) is 10.0 Å². The maximum atomic E-state index is 12.5. The van der Waals surface area contributed by atoms with Crippen molar-refractivity contribution >= 4 is 27.5 Å². The Labute approximate surface area is 168 Å². The second kappa shape index (κ2) is 8.72. The monoisotopic (exact) mass is 413 g/mol. The van der Waals surface area contributed by atoms with Crippen LogP contribution < -0.4 is 15.4 Å². The number of carbonyl (C=O) groups excluding carboxylic acids is 2. The minimum atomic E-state index is -3.82. The summed E-state index contributed by atoms with van der Waals surface area (Å²) in [6.07, 6.45) is 1.45. The molecule has 0 aliphatic rings. The van der Waals surface area contributed by atoms with Gasteiger partial charge in [-0.1, -0.05) is 6.07 Å². The van der Waals surface area contributed by atoms with Crippen molar-refractivity contribution in [3.63, 3.8) is 0 Å². The van der Waals surface area contributed by atoms with Crippen molar-refractivity contribution in [1.82, 2.24) is 10.0 Å². The molecule has 0 saturated carbocycles. The van der Waals surface area contributed by atoms with Crippen molar-refractivity contribution in [1.29, 1.82) is 0 Å². The molecule has 8 nitrogen and oxygen atoms in total. The lowest BCUT2D eigenvalue weighted by Gasteiger charge is -2.09. The van der Waals surface area contributed by atoms with Crippen LogP contribution in [0.15, 0.2) is 76.2 Å². The fourth-order valence-corrected chi connectivity index (χ4v) is 3.56. The lowest BCUT2D eigenvalue weighted by atomic mass is 10.1. The fourth-order valence-electron chi connectivity index (χ4n) is 2.52. The topological polar surface area (TPSA) is 118 Å². The average Bonchev–Trinajstić information content (AvgIpc) is 3.26. The Morgan fingerprint density at radius 1 is 0.931 bits per heavy atom. The number of rotatable bonds is 7. The summed E-state index contributed by atoms with van der Waals surface area (Å²) in [4.78, 5) is 24.0. The van der Waals surface area contributed by atoms with Gasteiger partial charge in [0.1, 0.15) is 5.76 Å². The highest BCUT2D eigenvalue weighted by molar-refractivity contribution is 7.89. The van der Waals surface area contributed by atoms with Crippen LogP contribution in [0.5, 0.6) is 0 Å². The lowest BCUT2D eigenvalue weighted by Crippen LogP contribution is -2.23. The SMILES string of the molecule is CNC(=O)c1ccc(NC(=O)c2cccc(S(=O)(=O)NCc3ccco3)c2)cc1. The number of anilines is 1. The largest absolute Gasteiger partial charge is 0.468 e. The highest BCUT2D eigenvalue weighted by Crippen LogP contribution is 2.15. The summed E-state index contributed by atoms with van der Waals surface area (Å²) in [5, 5.41) is 5.19. The molecule has 0 bridgehead atoms. The molecule has 0 aliphatic carbocycles. The van der Waals surface area contributed by atoms with Crippen molar-refractivity contribution < 1.29 is 22.4 Å². The maximum absolute atomic E-state index is 12.5. The normalized spacial score (nSPS) is 11.1. The number of nitrogens with one attached hydrogen (secondary N) is 3. The van der Waals surface area contributed by atoms with Gasteiger partial charge in [0.15, 0.2) is 0 Å². The van der Waals surface area contributed by atoms with Crippen LogP contribution in [0.2, 0.25) is 0 Å². The summed E-state index contributed by atoms with van der Waals surface area (Å²) in [6, 6.07) is 15.4. The number of sulfonamides is 1. The van der Waals surface area contributed by atoms with Crippen molar-refractivity contribution in [2.24, 2.45) is 0 Å². The molecule has 150 valence electrons. The van der Waals surface area contributed by atoms with Crippen molar-refractivity contribution in [3.05, 3.63) is 83.8 Å². The van der Waals surface area contributed by atoms with Crippen molar-refractivity contribution in [2.75, 3.05) is 12.4 Å². The summed E-state index contributed by atoms with van der Waals surface area (Å²) in [6.45, 7) is 0.00342. The Morgan fingerprint density at radius 3 is 2.34 bits per heavy atom. The smallest absolute Gasteiger partial charge is 0.255 e. The molecule has 0 spiro atoms. The summed E-state index contributed by atoms with van der Waals surface area (Å²) in [7, 11) is -2.29. The van der Waals surface area contributed by atoms with Crippen LogP contribution in [0.25, 0.3) is 0 Å². The molecular formula is C20H19N3O5S. The van der Waals surface area contributed by atoms with E-state index in [-0.39, 0.29) is 22.9 Å². The number of hydrogen-bond acceptors (Lipinski definition) is 5. The molecule has 1 aromatic heterocycles. The Balaban J connectivity index is 1.71. The van der Waals surface area contributed by atoms with Gasteiger partial charge in [0, 0.05) is 23.9 Å². The molecule has 2 amide bonds. The van der Waals surface area contributed by atoms with E-state index in [2.05, 4.69) is 15.4 Å². The predicted molar refractivity (Wildman–Crippen MR) is 107 cm³/mol. The minimum Gasteiger partial charge on any atom is -0.468 e. The molecule has 3 rings (SSSR count). The van der Waals surface area contributed by atoms with Gasteiger partial charge < -0.3 is 15.1 Å². The van der Waals surface area contributed by atoms with Gasteiger partial charge in [0.25, 0.3) is 11.8 Å². The predicted octanol–water partition coefficient (Wildman–Crippen LogP) is 2.37. The Bertz CT molecular complexity index is 1110. The zero-order valence-electron chi connectivity index (χ0n) is 15.5. The van der Waals surface area contributed by atoms with Crippen LogP contribution in [-0.2, 0) is 16.6 Å². The zero-order valence-corrected chi connectivity index (χ0v) is 16.3. The highest BCUT2D eigenvalue weighted by atomic mass is 32.2. The number of amides is 2. The zero-order chi connectivity index (χ0) is 20.9. The van der Waals surface area contributed by atoms with E-state index >= 15 is 0 Å². The number of benzene rings is 2. The van der Waals surface area contributed by atoms with Crippen LogP contribution >= 0.6 is 0 Å². The first kappa shape index (κ1) is 20.3. The third kappa shape index (κ3) is 5.09. The van der Waals surface area contributed by atoms with E-state index in [9.17, 15) is 18.0 Å². The average molecular weight is 413 g/mol. The molecule has 0 unspecified atom stereocenters. The Morgan fingerprint density at radius 2 is 1.69 bits per heavy atom. The minimum absolute atomic E-state index is 0.00342. The van der Waals surface area contributed by atoms with Gasteiger partial charge in [-0.05, 0) is 54.6 Å². The number of hydrogen-bond donors (Lipinski definition) is 3.